The molecule has 0 bridgehead atoms. The molecule has 0 atom stereocenters. The Morgan fingerprint density at radius 3 is 1.78 bits per heavy atom. The quantitative estimate of drug-likeness (QED) is 0.421. The van der Waals surface area contributed by atoms with Gasteiger partial charge in [0.25, 0.3) is 0 Å². The Labute approximate surface area is 56.7 Å². The Morgan fingerprint density at radius 1 is 1.22 bits per heavy atom. The van der Waals surface area contributed by atoms with Crippen LogP contribution in [0.4, 0.5) is 0 Å². The zero-order valence-electron chi connectivity index (χ0n) is 6.68. The molecule has 0 aliphatic carbocycles. The lowest BCUT2D eigenvalue weighted by Gasteiger charge is -2.24. The second kappa shape index (κ2) is 3.82. The van der Waals surface area contributed by atoms with Crippen molar-refractivity contribution in [3.8, 4) is 0 Å². The molecule has 0 rings (SSSR count). The lowest BCUT2D eigenvalue weighted by molar-refractivity contribution is -1.23. The molecule has 0 saturated carbocycles. The molecule has 56 valence electrons. The van der Waals surface area contributed by atoms with Gasteiger partial charge in [-0.25, -0.2) is 0 Å². The predicted molar refractivity (Wildman–Crippen MR) is 35.4 cm³/mol. The minimum atomic E-state index is 0.233. The van der Waals surface area contributed by atoms with Crippen LogP contribution in [0.5, 0.6) is 0 Å². The zero-order valence-corrected chi connectivity index (χ0v) is 6.68. The minimum absolute atomic E-state index is 0.233. The summed E-state index contributed by atoms with van der Waals surface area (Å²) in [4.78, 5) is 10.3. The zero-order chi connectivity index (χ0) is 7.33. The number of quaternary nitrogens is 1. The van der Waals surface area contributed by atoms with Gasteiger partial charge in [0.2, 0.25) is 0 Å². The monoisotopic (exact) mass is 134 g/mol. The van der Waals surface area contributed by atoms with E-state index in [1.807, 2.05) is 7.05 Å². The van der Waals surface area contributed by atoms with Crippen LogP contribution < -0.4 is 0 Å². The van der Waals surface area contributed by atoms with Crippen LogP contribution in [0, 0.1) is 0 Å². The molecule has 0 spiro atoms. The van der Waals surface area contributed by atoms with Gasteiger partial charge in [-0.05, 0) is 11.2 Å². The lowest BCUT2D eigenvalue weighted by atomic mass is 10.5. The van der Waals surface area contributed by atoms with E-state index in [9.17, 15) is 0 Å². The van der Waals surface area contributed by atoms with Crippen molar-refractivity contribution in [3.63, 3.8) is 0 Å². The Hall–Kier alpha value is -0.120. The fourth-order valence-corrected chi connectivity index (χ4v) is 0.663. The normalized spacial score (nSPS) is 12.0. The molecule has 0 N–H and O–H groups in total. The van der Waals surface area contributed by atoms with Gasteiger partial charge in [-0.3, -0.25) is 0 Å². The van der Waals surface area contributed by atoms with E-state index in [1.54, 1.807) is 14.2 Å². The van der Waals surface area contributed by atoms with E-state index >= 15 is 0 Å². The van der Waals surface area contributed by atoms with Crippen molar-refractivity contribution in [1.82, 2.24) is 0 Å². The predicted octanol–water partition coefficient (Wildman–Crippen LogP) is 0.966. The van der Waals surface area contributed by atoms with Gasteiger partial charge in [0, 0.05) is 0 Å². The van der Waals surface area contributed by atoms with Crippen molar-refractivity contribution >= 4 is 0 Å². The third kappa shape index (κ3) is 2.79. The summed E-state index contributed by atoms with van der Waals surface area (Å²) in [6, 6.07) is 0. The van der Waals surface area contributed by atoms with Gasteiger partial charge in [-0.1, -0.05) is 6.92 Å². The lowest BCUT2D eigenvalue weighted by Crippen LogP contribution is -2.42. The van der Waals surface area contributed by atoms with E-state index in [2.05, 4.69) is 6.92 Å². The number of hydroxylamine groups is 4. The molecule has 0 unspecified atom stereocenters. The first-order chi connectivity index (χ1) is 4.18. The SMILES string of the molecule is CCC[N+](C)(OC)OC. The van der Waals surface area contributed by atoms with Crippen LogP contribution in [-0.4, -0.2) is 32.6 Å². The maximum Gasteiger partial charge on any atom is 0.142 e. The fraction of sp³-hybridized carbons (Fsp3) is 1.00. The van der Waals surface area contributed by atoms with Crippen LogP contribution in [0.25, 0.3) is 0 Å². The second-order valence-electron chi connectivity index (χ2n) is 2.10. The first-order valence-electron chi connectivity index (χ1n) is 3.15. The van der Waals surface area contributed by atoms with Gasteiger partial charge in [-0.2, -0.15) is 9.68 Å². The molecule has 0 radical (unpaired) electrons. The summed E-state index contributed by atoms with van der Waals surface area (Å²) in [7, 11) is 5.15. The van der Waals surface area contributed by atoms with E-state index < -0.39 is 0 Å². The van der Waals surface area contributed by atoms with E-state index in [1.165, 1.54) is 0 Å². The van der Waals surface area contributed by atoms with Crippen LogP contribution in [0.2, 0.25) is 0 Å². The van der Waals surface area contributed by atoms with Gasteiger partial charge < -0.3 is 0 Å². The molecule has 0 aromatic carbocycles. The fourth-order valence-electron chi connectivity index (χ4n) is 0.663. The third-order valence-corrected chi connectivity index (χ3v) is 1.40. The molecule has 0 fully saturated rings. The molecule has 0 aliphatic rings. The molecular formula is C6H16NO2+. The van der Waals surface area contributed by atoms with Gasteiger partial charge >= 0.3 is 0 Å². The van der Waals surface area contributed by atoms with Crippen molar-refractivity contribution in [1.29, 1.82) is 0 Å². The van der Waals surface area contributed by atoms with Crippen LogP contribution in [0.1, 0.15) is 13.3 Å². The first-order valence-corrected chi connectivity index (χ1v) is 3.15. The Balaban J connectivity index is 3.62. The van der Waals surface area contributed by atoms with Crippen LogP contribution in [0.15, 0.2) is 0 Å². The van der Waals surface area contributed by atoms with Crippen molar-refractivity contribution in [2.24, 2.45) is 0 Å². The first kappa shape index (κ1) is 8.88. The number of hydrogen-bond acceptors (Lipinski definition) is 2. The van der Waals surface area contributed by atoms with E-state index in [0.717, 1.165) is 13.0 Å². The Morgan fingerprint density at radius 2 is 1.67 bits per heavy atom. The average molecular weight is 134 g/mol. The smallest absolute Gasteiger partial charge is 0.142 e. The molecule has 9 heavy (non-hydrogen) atoms. The third-order valence-electron chi connectivity index (χ3n) is 1.40. The topological polar surface area (TPSA) is 18.5 Å². The Bertz CT molecular complexity index is 71.5. The van der Waals surface area contributed by atoms with E-state index in [-0.39, 0.29) is 4.81 Å². The molecule has 0 aromatic heterocycles. The van der Waals surface area contributed by atoms with Crippen molar-refractivity contribution in [2.45, 2.75) is 13.3 Å². The van der Waals surface area contributed by atoms with Gasteiger partial charge in [0.15, 0.2) is 0 Å². The van der Waals surface area contributed by atoms with Gasteiger partial charge in [0.05, 0.1) is 14.2 Å². The standard InChI is InChI=1S/C6H16NO2/c1-5-6-7(2,8-3)9-4/h5-6H2,1-4H3/q+1. The highest BCUT2D eigenvalue weighted by atomic mass is 17.0. The molecule has 0 aliphatic heterocycles. The van der Waals surface area contributed by atoms with Crippen LogP contribution >= 0.6 is 0 Å². The largest absolute Gasteiger partial charge is 0.172 e. The van der Waals surface area contributed by atoms with Crippen molar-refractivity contribution in [3.05, 3.63) is 0 Å². The molecular weight excluding hydrogens is 118 g/mol. The molecule has 0 saturated heterocycles. The molecule has 0 amide bonds. The summed E-state index contributed by atoms with van der Waals surface area (Å²) in [6.07, 6.45) is 1.05. The number of nitrogens with zero attached hydrogens (tertiary/aromatic N) is 1. The maximum absolute atomic E-state index is 5.04. The summed E-state index contributed by atoms with van der Waals surface area (Å²) in [6.45, 7) is 2.97. The van der Waals surface area contributed by atoms with E-state index in [4.69, 9.17) is 9.68 Å². The number of hydrogen-bond donors (Lipinski definition) is 0. The van der Waals surface area contributed by atoms with Gasteiger partial charge in [-0.15, -0.1) is 0 Å². The summed E-state index contributed by atoms with van der Waals surface area (Å²) < 4.78 is 0. The van der Waals surface area contributed by atoms with Crippen molar-refractivity contribution < 1.29 is 14.5 Å². The molecule has 3 nitrogen and oxygen atoms in total. The summed E-state index contributed by atoms with van der Waals surface area (Å²) >= 11 is 0. The van der Waals surface area contributed by atoms with E-state index in [0.29, 0.717) is 0 Å². The van der Waals surface area contributed by atoms with Crippen molar-refractivity contribution in [2.75, 3.05) is 27.8 Å². The minimum Gasteiger partial charge on any atom is -0.172 e. The number of rotatable bonds is 4. The second-order valence-corrected chi connectivity index (χ2v) is 2.10. The highest BCUT2D eigenvalue weighted by Gasteiger charge is 2.19. The Kier molecular flexibility index (Phi) is 3.77. The highest BCUT2D eigenvalue weighted by Crippen LogP contribution is 2.02. The van der Waals surface area contributed by atoms with Gasteiger partial charge in [0.1, 0.15) is 13.6 Å². The maximum atomic E-state index is 5.04. The summed E-state index contributed by atoms with van der Waals surface area (Å²) in [5.74, 6) is 0. The summed E-state index contributed by atoms with van der Waals surface area (Å²) in [5.41, 5.74) is 0. The molecule has 3 heteroatoms. The molecule has 0 aromatic rings. The summed E-state index contributed by atoms with van der Waals surface area (Å²) in [5, 5.41) is 0. The highest BCUT2D eigenvalue weighted by molar-refractivity contribution is 4.15. The average Bonchev–Trinajstić information content (AvgIpc) is 1.89. The van der Waals surface area contributed by atoms with Crippen LogP contribution in [0.3, 0.4) is 0 Å². The molecule has 0 heterocycles. The van der Waals surface area contributed by atoms with Crippen LogP contribution in [-0.2, 0) is 9.68 Å².